The van der Waals surface area contributed by atoms with Gasteiger partial charge in [-0.05, 0) is 49.3 Å². The molecule has 2 aromatic rings. The lowest BCUT2D eigenvalue weighted by Gasteiger charge is -2.41. The Balaban J connectivity index is 1.75. The topological polar surface area (TPSA) is 49.4 Å². The molecule has 0 bridgehead atoms. The van der Waals surface area contributed by atoms with Gasteiger partial charge in [0.1, 0.15) is 5.82 Å². The van der Waals surface area contributed by atoms with E-state index >= 15 is 0 Å². The fraction of sp³-hybridized carbons (Fsp3) is 0.462. The number of benzene rings is 2. The summed E-state index contributed by atoms with van der Waals surface area (Å²) in [7, 11) is 1.67. The number of hydrogen-bond donors (Lipinski definition) is 1. The van der Waals surface area contributed by atoms with Crippen molar-refractivity contribution in [3.8, 4) is 11.1 Å². The summed E-state index contributed by atoms with van der Waals surface area (Å²) >= 11 is 0. The Labute approximate surface area is 184 Å². The maximum atomic E-state index is 14.1. The first-order valence-corrected chi connectivity index (χ1v) is 11.3. The molecule has 1 aliphatic heterocycles. The quantitative estimate of drug-likeness (QED) is 0.692. The number of halogens is 1. The zero-order valence-corrected chi connectivity index (χ0v) is 18.8. The zero-order chi connectivity index (χ0) is 22.4. The third-order valence-corrected chi connectivity index (χ3v) is 6.76. The van der Waals surface area contributed by atoms with E-state index < -0.39 is 5.41 Å². The van der Waals surface area contributed by atoms with Gasteiger partial charge < -0.3 is 10.2 Å². The van der Waals surface area contributed by atoms with E-state index in [0.29, 0.717) is 37.9 Å². The average molecular weight is 425 g/mol. The summed E-state index contributed by atoms with van der Waals surface area (Å²) in [4.78, 5) is 27.6. The second-order valence-electron chi connectivity index (χ2n) is 8.55. The molecule has 2 amide bonds. The molecule has 166 valence electrons. The van der Waals surface area contributed by atoms with Crippen LogP contribution in [0.3, 0.4) is 0 Å². The molecule has 31 heavy (non-hydrogen) atoms. The Bertz CT molecular complexity index is 898. The number of nitrogens with zero attached hydrogens (tertiary/aromatic N) is 1. The van der Waals surface area contributed by atoms with Gasteiger partial charge in [-0.15, -0.1) is 0 Å². The fourth-order valence-electron chi connectivity index (χ4n) is 4.69. The molecule has 5 heteroatoms. The van der Waals surface area contributed by atoms with Crippen LogP contribution in [0.5, 0.6) is 0 Å². The van der Waals surface area contributed by atoms with Crippen LogP contribution in [0.15, 0.2) is 48.5 Å². The highest BCUT2D eigenvalue weighted by atomic mass is 19.1. The molecule has 0 unspecified atom stereocenters. The maximum Gasteiger partial charge on any atom is 0.226 e. The van der Waals surface area contributed by atoms with E-state index in [1.807, 2.05) is 35.2 Å². The van der Waals surface area contributed by atoms with Gasteiger partial charge >= 0.3 is 0 Å². The average Bonchev–Trinajstić information content (AvgIpc) is 2.80. The van der Waals surface area contributed by atoms with Crippen LogP contribution < -0.4 is 5.32 Å². The van der Waals surface area contributed by atoms with Crippen LogP contribution in [0.25, 0.3) is 11.1 Å². The largest absolute Gasteiger partial charge is 0.359 e. The minimum absolute atomic E-state index is 0.0281. The summed E-state index contributed by atoms with van der Waals surface area (Å²) in [6.45, 7) is 5.32. The van der Waals surface area contributed by atoms with Gasteiger partial charge in [0.05, 0.1) is 5.41 Å². The number of piperidine rings is 1. The number of carbonyl (C=O) groups is 2. The Hall–Kier alpha value is -2.69. The minimum atomic E-state index is -0.529. The molecular weight excluding hydrogens is 391 g/mol. The molecule has 0 aliphatic carbocycles. The third kappa shape index (κ3) is 4.97. The Morgan fingerprint density at radius 1 is 1.03 bits per heavy atom. The first-order chi connectivity index (χ1) is 14.9. The predicted octanol–water partition coefficient (Wildman–Crippen LogP) is 4.83. The van der Waals surface area contributed by atoms with Crippen LogP contribution >= 0.6 is 0 Å². The van der Waals surface area contributed by atoms with Crippen molar-refractivity contribution in [1.82, 2.24) is 10.2 Å². The fourth-order valence-corrected chi connectivity index (χ4v) is 4.69. The van der Waals surface area contributed by atoms with E-state index in [1.165, 1.54) is 6.07 Å². The SMILES string of the molecule is CCC(CC)C(=O)N1CCC(Cc2ccc(-c3ccccc3F)cc2)(C(=O)NC)CC1. The molecule has 1 fully saturated rings. The van der Waals surface area contributed by atoms with E-state index in [1.54, 1.807) is 19.2 Å². The summed E-state index contributed by atoms with van der Waals surface area (Å²) in [6, 6.07) is 14.5. The molecule has 1 heterocycles. The van der Waals surface area contributed by atoms with Gasteiger partial charge in [-0.1, -0.05) is 56.3 Å². The number of likely N-dealkylation sites (tertiary alicyclic amines) is 1. The first kappa shape index (κ1) is 23.0. The van der Waals surface area contributed by atoms with Crippen molar-refractivity contribution >= 4 is 11.8 Å². The maximum absolute atomic E-state index is 14.1. The first-order valence-electron chi connectivity index (χ1n) is 11.3. The molecule has 0 radical (unpaired) electrons. The molecule has 0 atom stereocenters. The summed E-state index contributed by atoms with van der Waals surface area (Å²) in [5.74, 6) is 0.0649. The number of hydrogen-bond acceptors (Lipinski definition) is 2. The molecule has 4 nitrogen and oxygen atoms in total. The van der Waals surface area contributed by atoms with E-state index in [-0.39, 0.29) is 23.5 Å². The summed E-state index contributed by atoms with van der Waals surface area (Å²) in [5.41, 5.74) is 1.91. The van der Waals surface area contributed by atoms with Crippen LogP contribution in [0.2, 0.25) is 0 Å². The monoisotopic (exact) mass is 424 g/mol. The highest BCUT2D eigenvalue weighted by Crippen LogP contribution is 2.37. The number of amides is 2. The van der Waals surface area contributed by atoms with Crippen molar-refractivity contribution in [2.24, 2.45) is 11.3 Å². The molecule has 1 saturated heterocycles. The van der Waals surface area contributed by atoms with E-state index in [9.17, 15) is 14.0 Å². The third-order valence-electron chi connectivity index (χ3n) is 6.76. The predicted molar refractivity (Wildman–Crippen MR) is 122 cm³/mol. The molecule has 1 aliphatic rings. The van der Waals surface area contributed by atoms with E-state index in [4.69, 9.17) is 0 Å². The van der Waals surface area contributed by atoms with Gasteiger partial charge in [0, 0.05) is 31.6 Å². The second-order valence-corrected chi connectivity index (χ2v) is 8.55. The van der Waals surface area contributed by atoms with Gasteiger partial charge in [0.2, 0.25) is 11.8 Å². The van der Waals surface area contributed by atoms with Gasteiger partial charge in [-0.2, -0.15) is 0 Å². The van der Waals surface area contributed by atoms with Crippen molar-refractivity contribution in [3.05, 3.63) is 59.9 Å². The van der Waals surface area contributed by atoms with Crippen molar-refractivity contribution in [2.45, 2.75) is 46.0 Å². The van der Waals surface area contributed by atoms with Crippen LogP contribution in [0, 0.1) is 17.2 Å². The molecule has 0 spiro atoms. The highest BCUT2D eigenvalue weighted by Gasteiger charge is 2.42. The van der Waals surface area contributed by atoms with E-state index in [0.717, 1.165) is 24.0 Å². The van der Waals surface area contributed by atoms with Gasteiger partial charge in [-0.25, -0.2) is 4.39 Å². The minimum Gasteiger partial charge on any atom is -0.359 e. The number of carbonyl (C=O) groups excluding carboxylic acids is 2. The van der Waals surface area contributed by atoms with Crippen molar-refractivity contribution in [2.75, 3.05) is 20.1 Å². The standard InChI is InChI=1S/C26H33FN2O2/c1-4-20(5-2)24(30)29-16-14-26(15-17-29,25(31)28-3)18-19-10-12-21(13-11-19)22-8-6-7-9-23(22)27/h6-13,20H,4-5,14-18H2,1-3H3,(H,28,31). The lowest BCUT2D eigenvalue weighted by Crippen LogP contribution is -2.51. The highest BCUT2D eigenvalue weighted by molar-refractivity contribution is 5.84. The smallest absolute Gasteiger partial charge is 0.226 e. The molecule has 0 aromatic heterocycles. The van der Waals surface area contributed by atoms with Crippen molar-refractivity contribution < 1.29 is 14.0 Å². The van der Waals surface area contributed by atoms with Crippen molar-refractivity contribution in [3.63, 3.8) is 0 Å². The number of nitrogens with one attached hydrogen (secondary N) is 1. The van der Waals surface area contributed by atoms with E-state index in [2.05, 4.69) is 19.2 Å². The molecule has 1 N–H and O–H groups in total. The molecule has 2 aromatic carbocycles. The normalized spacial score (nSPS) is 15.7. The Morgan fingerprint density at radius 3 is 2.19 bits per heavy atom. The number of rotatable bonds is 7. The second kappa shape index (κ2) is 10.1. The summed E-state index contributed by atoms with van der Waals surface area (Å²) < 4.78 is 14.1. The zero-order valence-electron chi connectivity index (χ0n) is 18.8. The Morgan fingerprint density at radius 2 is 1.65 bits per heavy atom. The van der Waals surface area contributed by atoms with Gasteiger partial charge in [0.15, 0.2) is 0 Å². The van der Waals surface area contributed by atoms with Gasteiger partial charge in [0.25, 0.3) is 0 Å². The summed E-state index contributed by atoms with van der Waals surface area (Å²) in [6.07, 6.45) is 3.60. The molecular formula is C26H33FN2O2. The van der Waals surface area contributed by atoms with Crippen LogP contribution in [0.1, 0.15) is 45.1 Å². The molecule has 3 rings (SSSR count). The summed E-state index contributed by atoms with van der Waals surface area (Å²) in [5, 5.41) is 2.84. The van der Waals surface area contributed by atoms with Crippen LogP contribution in [0.4, 0.5) is 4.39 Å². The molecule has 0 saturated carbocycles. The lowest BCUT2D eigenvalue weighted by atomic mass is 9.72. The van der Waals surface area contributed by atoms with Crippen molar-refractivity contribution in [1.29, 1.82) is 0 Å². The Kier molecular flexibility index (Phi) is 7.47. The lowest BCUT2D eigenvalue weighted by molar-refractivity contribution is -0.143. The van der Waals surface area contributed by atoms with Gasteiger partial charge in [-0.3, -0.25) is 9.59 Å². The van der Waals surface area contributed by atoms with Crippen LogP contribution in [-0.2, 0) is 16.0 Å². The van der Waals surface area contributed by atoms with Crippen LogP contribution in [-0.4, -0.2) is 36.9 Å².